The maximum atomic E-state index is 6.34. The summed E-state index contributed by atoms with van der Waals surface area (Å²) in [6.45, 7) is 17.6. The van der Waals surface area contributed by atoms with E-state index >= 15 is 0 Å². The van der Waals surface area contributed by atoms with Gasteiger partial charge >= 0.3 is 0 Å². The highest BCUT2D eigenvalue weighted by Gasteiger charge is 2.21. The van der Waals surface area contributed by atoms with Crippen LogP contribution in [0.2, 0.25) is 39.3 Å². The number of rotatable bonds is 6. The molecular formula is C21H32O2Si2. The fraction of sp³-hybridized carbons (Fsp3) is 0.429. The molecule has 0 amide bonds. The Bertz CT molecular complexity index is 677. The quantitative estimate of drug-likeness (QED) is 0.552. The highest BCUT2D eigenvalue weighted by Crippen LogP contribution is 2.30. The van der Waals surface area contributed by atoms with Crippen LogP contribution in [-0.2, 0) is 6.42 Å². The maximum absolute atomic E-state index is 6.34. The van der Waals surface area contributed by atoms with Gasteiger partial charge in [0.2, 0.25) is 16.6 Å². The van der Waals surface area contributed by atoms with Gasteiger partial charge in [0.25, 0.3) is 0 Å². The van der Waals surface area contributed by atoms with Gasteiger partial charge in [0, 0.05) is 6.42 Å². The van der Waals surface area contributed by atoms with E-state index in [4.69, 9.17) is 8.85 Å². The van der Waals surface area contributed by atoms with Crippen LogP contribution in [0.15, 0.2) is 36.4 Å². The van der Waals surface area contributed by atoms with Crippen molar-refractivity contribution in [2.45, 2.75) is 59.6 Å². The molecule has 0 atom stereocenters. The monoisotopic (exact) mass is 372 g/mol. The third kappa shape index (κ3) is 6.36. The average molecular weight is 373 g/mol. The Balaban J connectivity index is 2.42. The lowest BCUT2D eigenvalue weighted by molar-refractivity contribution is 0.543. The molecule has 2 nitrogen and oxygen atoms in total. The fourth-order valence-corrected chi connectivity index (χ4v) is 4.47. The van der Waals surface area contributed by atoms with Crippen molar-refractivity contribution in [1.82, 2.24) is 0 Å². The van der Waals surface area contributed by atoms with Crippen LogP contribution in [0.25, 0.3) is 0 Å². The molecule has 0 aliphatic heterocycles. The molecular weight excluding hydrogens is 340 g/mol. The minimum absolute atomic E-state index is 0.836. The lowest BCUT2D eigenvalue weighted by atomic mass is 10.00. The molecule has 0 unspecified atom stereocenters. The molecule has 0 saturated carbocycles. The van der Waals surface area contributed by atoms with Gasteiger partial charge in [-0.05, 0) is 76.4 Å². The first-order chi connectivity index (χ1) is 11.4. The van der Waals surface area contributed by atoms with E-state index in [2.05, 4.69) is 89.5 Å². The second-order valence-corrected chi connectivity index (χ2v) is 17.7. The summed E-state index contributed by atoms with van der Waals surface area (Å²) in [6.07, 6.45) is 0.836. The van der Waals surface area contributed by atoms with Gasteiger partial charge in [-0.15, -0.1) is 0 Å². The van der Waals surface area contributed by atoms with Crippen molar-refractivity contribution in [3.05, 3.63) is 58.7 Å². The van der Waals surface area contributed by atoms with Crippen molar-refractivity contribution in [1.29, 1.82) is 0 Å². The molecule has 136 valence electrons. The molecule has 2 rings (SSSR count). The van der Waals surface area contributed by atoms with Crippen molar-refractivity contribution in [2.75, 3.05) is 0 Å². The second kappa shape index (κ2) is 7.38. The molecule has 0 aromatic heterocycles. The van der Waals surface area contributed by atoms with Crippen LogP contribution in [0.1, 0.15) is 22.3 Å². The van der Waals surface area contributed by atoms with Crippen LogP contribution in [0.3, 0.4) is 0 Å². The van der Waals surface area contributed by atoms with E-state index in [-0.39, 0.29) is 0 Å². The van der Waals surface area contributed by atoms with Gasteiger partial charge in [-0.3, -0.25) is 0 Å². The molecule has 2 aromatic rings. The summed E-state index contributed by atoms with van der Waals surface area (Å²) in [7, 11) is -3.30. The SMILES string of the molecule is Cc1ccc(O[Si](C)(C)C)c(Cc2cc(C)ccc2O[Si](C)(C)C)c1. The van der Waals surface area contributed by atoms with E-state index in [1.165, 1.54) is 22.3 Å². The summed E-state index contributed by atoms with van der Waals surface area (Å²) in [4.78, 5) is 0. The number of aryl methyl sites for hydroxylation is 2. The van der Waals surface area contributed by atoms with E-state index in [0.717, 1.165) is 17.9 Å². The number of hydrogen-bond donors (Lipinski definition) is 0. The zero-order valence-corrected chi connectivity index (χ0v) is 19.0. The summed E-state index contributed by atoms with van der Waals surface area (Å²) < 4.78 is 12.7. The van der Waals surface area contributed by atoms with Gasteiger partial charge < -0.3 is 8.85 Å². The molecule has 0 aliphatic carbocycles. The van der Waals surface area contributed by atoms with Gasteiger partial charge in [-0.1, -0.05) is 35.4 Å². The summed E-state index contributed by atoms with van der Waals surface area (Å²) in [6, 6.07) is 13.0. The minimum Gasteiger partial charge on any atom is -0.544 e. The first-order valence-electron chi connectivity index (χ1n) is 9.00. The molecule has 4 heteroatoms. The summed E-state index contributed by atoms with van der Waals surface area (Å²) >= 11 is 0. The molecule has 0 saturated heterocycles. The Morgan fingerprint density at radius 3 is 1.32 bits per heavy atom. The molecule has 2 aromatic carbocycles. The summed E-state index contributed by atoms with van der Waals surface area (Å²) in [5, 5.41) is 0. The molecule has 0 radical (unpaired) electrons. The third-order valence-corrected chi connectivity index (χ3v) is 5.31. The molecule has 25 heavy (non-hydrogen) atoms. The largest absolute Gasteiger partial charge is 0.544 e. The van der Waals surface area contributed by atoms with Crippen molar-refractivity contribution in [2.24, 2.45) is 0 Å². The summed E-state index contributed by atoms with van der Waals surface area (Å²) in [5.41, 5.74) is 5.01. The van der Waals surface area contributed by atoms with Crippen LogP contribution in [0.4, 0.5) is 0 Å². The van der Waals surface area contributed by atoms with E-state index in [1.807, 2.05) is 0 Å². The Morgan fingerprint density at radius 1 is 0.640 bits per heavy atom. The predicted molar refractivity (Wildman–Crippen MR) is 113 cm³/mol. The smallest absolute Gasteiger partial charge is 0.242 e. The first kappa shape index (κ1) is 19.8. The normalized spacial score (nSPS) is 12.2. The second-order valence-electron chi connectivity index (χ2n) is 8.83. The average Bonchev–Trinajstić information content (AvgIpc) is 2.42. The van der Waals surface area contributed by atoms with E-state index < -0.39 is 16.6 Å². The van der Waals surface area contributed by atoms with Gasteiger partial charge in [0.15, 0.2) is 0 Å². The minimum atomic E-state index is -1.65. The number of benzene rings is 2. The Kier molecular flexibility index (Phi) is 5.84. The highest BCUT2D eigenvalue weighted by molar-refractivity contribution is 6.70. The van der Waals surface area contributed by atoms with Gasteiger partial charge in [0.1, 0.15) is 11.5 Å². The van der Waals surface area contributed by atoms with Gasteiger partial charge in [0.05, 0.1) is 0 Å². The number of hydrogen-bond acceptors (Lipinski definition) is 2. The van der Waals surface area contributed by atoms with Gasteiger partial charge in [-0.2, -0.15) is 0 Å². The first-order valence-corrected chi connectivity index (χ1v) is 15.8. The predicted octanol–water partition coefficient (Wildman–Crippen LogP) is 6.32. The molecule has 0 spiro atoms. The third-order valence-electron chi connectivity index (χ3n) is 3.65. The molecule has 0 N–H and O–H groups in total. The standard InChI is InChI=1S/C21H32O2Si2/c1-16-9-11-20(22-24(3,4)5)18(13-16)15-19-14-17(2)10-12-21(19)23-25(6,7)8/h9-14H,15H2,1-8H3. The van der Waals surface area contributed by atoms with Crippen molar-refractivity contribution in [3.8, 4) is 11.5 Å². The van der Waals surface area contributed by atoms with Crippen LogP contribution in [0.5, 0.6) is 11.5 Å². The Labute approximate surface area is 155 Å². The van der Waals surface area contributed by atoms with E-state index in [9.17, 15) is 0 Å². The maximum Gasteiger partial charge on any atom is 0.242 e. The van der Waals surface area contributed by atoms with Crippen LogP contribution in [-0.4, -0.2) is 16.6 Å². The van der Waals surface area contributed by atoms with Crippen LogP contribution >= 0.6 is 0 Å². The Hall–Kier alpha value is -1.53. The topological polar surface area (TPSA) is 18.5 Å². The van der Waals surface area contributed by atoms with E-state index in [1.54, 1.807) is 0 Å². The van der Waals surface area contributed by atoms with Crippen molar-refractivity contribution >= 4 is 16.6 Å². The molecule has 0 fully saturated rings. The molecule has 0 heterocycles. The van der Waals surface area contributed by atoms with Crippen molar-refractivity contribution in [3.63, 3.8) is 0 Å². The van der Waals surface area contributed by atoms with Crippen LogP contribution < -0.4 is 8.85 Å². The lowest BCUT2D eigenvalue weighted by Gasteiger charge is -2.24. The van der Waals surface area contributed by atoms with E-state index in [0.29, 0.717) is 0 Å². The molecule has 0 aliphatic rings. The Morgan fingerprint density at radius 2 is 1.00 bits per heavy atom. The zero-order valence-electron chi connectivity index (χ0n) is 17.0. The highest BCUT2D eigenvalue weighted by atomic mass is 28.4. The lowest BCUT2D eigenvalue weighted by Crippen LogP contribution is -2.30. The fourth-order valence-electron chi connectivity index (χ4n) is 2.76. The van der Waals surface area contributed by atoms with Crippen LogP contribution in [0, 0.1) is 13.8 Å². The zero-order chi connectivity index (χ0) is 18.8. The summed E-state index contributed by atoms with van der Waals surface area (Å²) in [5.74, 6) is 2.04. The van der Waals surface area contributed by atoms with Crippen molar-refractivity contribution < 1.29 is 8.85 Å². The van der Waals surface area contributed by atoms with Gasteiger partial charge in [-0.25, -0.2) is 0 Å². The molecule has 0 bridgehead atoms.